The van der Waals surface area contributed by atoms with Gasteiger partial charge in [0.25, 0.3) is 0 Å². The fourth-order valence-electron chi connectivity index (χ4n) is 1.71. The van der Waals surface area contributed by atoms with E-state index in [-0.39, 0.29) is 37.4 Å². The Morgan fingerprint density at radius 2 is 2.00 bits per heavy atom. The first kappa shape index (κ1) is 15.4. The fourth-order valence-corrected chi connectivity index (χ4v) is 1.71. The van der Waals surface area contributed by atoms with Crippen LogP contribution in [0.2, 0.25) is 0 Å². The van der Waals surface area contributed by atoms with Crippen LogP contribution in [0.5, 0.6) is 5.75 Å². The van der Waals surface area contributed by atoms with E-state index in [0.717, 1.165) is 0 Å². The molecule has 0 bridgehead atoms. The second-order valence-corrected chi connectivity index (χ2v) is 4.46. The summed E-state index contributed by atoms with van der Waals surface area (Å²) in [5, 5.41) is 8.90. The third-order valence-corrected chi connectivity index (χ3v) is 2.68. The lowest BCUT2D eigenvalue weighted by atomic mass is 10.2. The van der Waals surface area contributed by atoms with Gasteiger partial charge < -0.3 is 14.7 Å². The van der Waals surface area contributed by atoms with Gasteiger partial charge in [0, 0.05) is 12.6 Å². The Hall–Kier alpha value is -1.62. The Morgan fingerprint density at radius 1 is 1.37 bits per heavy atom. The molecule has 5 heteroatoms. The molecule has 0 aliphatic rings. The highest BCUT2D eigenvalue weighted by molar-refractivity contribution is 5.76. The van der Waals surface area contributed by atoms with Gasteiger partial charge in [0.2, 0.25) is 5.91 Å². The SMILES string of the molecule is CC(C)N(CCO)C(=O)CCOc1ccc(F)cc1. The number of carbonyl (C=O) groups is 1. The van der Waals surface area contributed by atoms with E-state index in [1.165, 1.54) is 24.3 Å². The van der Waals surface area contributed by atoms with Crippen molar-refractivity contribution in [2.24, 2.45) is 0 Å². The zero-order valence-corrected chi connectivity index (χ0v) is 11.3. The van der Waals surface area contributed by atoms with E-state index in [0.29, 0.717) is 12.3 Å². The van der Waals surface area contributed by atoms with Crippen molar-refractivity contribution < 1.29 is 19.0 Å². The summed E-state index contributed by atoms with van der Waals surface area (Å²) in [5.74, 6) is 0.149. The summed E-state index contributed by atoms with van der Waals surface area (Å²) in [6, 6.07) is 5.71. The molecule has 19 heavy (non-hydrogen) atoms. The number of rotatable bonds is 7. The Bertz CT molecular complexity index is 392. The zero-order valence-electron chi connectivity index (χ0n) is 11.3. The molecule has 0 unspecified atom stereocenters. The van der Waals surface area contributed by atoms with Crippen molar-refractivity contribution in [3.63, 3.8) is 0 Å². The van der Waals surface area contributed by atoms with Crippen molar-refractivity contribution in [3.8, 4) is 5.75 Å². The molecule has 0 aromatic heterocycles. The van der Waals surface area contributed by atoms with Gasteiger partial charge in [-0.05, 0) is 38.1 Å². The summed E-state index contributed by atoms with van der Waals surface area (Å²) < 4.78 is 18.0. The van der Waals surface area contributed by atoms with Crippen LogP contribution in [-0.2, 0) is 4.79 Å². The molecule has 1 N–H and O–H groups in total. The molecule has 0 saturated heterocycles. The van der Waals surface area contributed by atoms with Crippen LogP contribution in [-0.4, -0.2) is 41.7 Å². The van der Waals surface area contributed by atoms with Gasteiger partial charge in [-0.3, -0.25) is 4.79 Å². The summed E-state index contributed by atoms with van der Waals surface area (Å²) >= 11 is 0. The molecule has 1 rings (SSSR count). The van der Waals surface area contributed by atoms with Crippen LogP contribution in [0.1, 0.15) is 20.3 Å². The highest BCUT2D eigenvalue weighted by atomic mass is 19.1. The first-order valence-electron chi connectivity index (χ1n) is 6.33. The summed E-state index contributed by atoms with van der Waals surface area (Å²) in [4.78, 5) is 13.5. The third-order valence-electron chi connectivity index (χ3n) is 2.68. The van der Waals surface area contributed by atoms with Crippen molar-refractivity contribution in [3.05, 3.63) is 30.1 Å². The minimum atomic E-state index is -0.322. The molecule has 0 radical (unpaired) electrons. The molecule has 0 atom stereocenters. The van der Waals surface area contributed by atoms with Gasteiger partial charge in [0.1, 0.15) is 11.6 Å². The number of carbonyl (C=O) groups excluding carboxylic acids is 1. The maximum Gasteiger partial charge on any atom is 0.226 e. The van der Waals surface area contributed by atoms with Gasteiger partial charge >= 0.3 is 0 Å². The number of amides is 1. The largest absolute Gasteiger partial charge is 0.493 e. The number of benzene rings is 1. The Balaban J connectivity index is 2.39. The summed E-state index contributed by atoms with van der Waals surface area (Å²) in [5.41, 5.74) is 0. The van der Waals surface area contributed by atoms with Crippen molar-refractivity contribution in [1.29, 1.82) is 0 Å². The minimum absolute atomic E-state index is 0.0467. The lowest BCUT2D eigenvalue weighted by Crippen LogP contribution is -2.39. The lowest BCUT2D eigenvalue weighted by Gasteiger charge is -2.25. The predicted octanol–water partition coefficient (Wildman–Crippen LogP) is 1.82. The van der Waals surface area contributed by atoms with Crippen LogP contribution in [0.3, 0.4) is 0 Å². The quantitative estimate of drug-likeness (QED) is 0.821. The lowest BCUT2D eigenvalue weighted by molar-refractivity contribution is -0.133. The Morgan fingerprint density at radius 3 is 2.53 bits per heavy atom. The highest BCUT2D eigenvalue weighted by Crippen LogP contribution is 2.11. The maximum absolute atomic E-state index is 12.7. The van der Waals surface area contributed by atoms with E-state index in [1.54, 1.807) is 4.90 Å². The summed E-state index contributed by atoms with van der Waals surface area (Å²) in [6.45, 7) is 4.30. The number of aliphatic hydroxyl groups excluding tert-OH is 1. The first-order valence-corrected chi connectivity index (χ1v) is 6.33. The summed E-state index contributed by atoms with van der Waals surface area (Å²) in [7, 11) is 0. The molecular formula is C14H20FNO3. The molecule has 106 valence electrons. The molecule has 0 aliphatic heterocycles. The standard InChI is InChI=1S/C14H20FNO3/c1-11(2)16(8-9-17)14(18)7-10-19-13-5-3-12(15)4-6-13/h3-6,11,17H,7-10H2,1-2H3. The molecule has 1 amide bonds. The van der Waals surface area contributed by atoms with Crippen LogP contribution in [0.15, 0.2) is 24.3 Å². The van der Waals surface area contributed by atoms with Gasteiger partial charge in [-0.25, -0.2) is 4.39 Å². The highest BCUT2D eigenvalue weighted by Gasteiger charge is 2.15. The fraction of sp³-hybridized carbons (Fsp3) is 0.500. The average molecular weight is 269 g/mol. The van der Waals surface area contributed by atoms with E-state index in [4.69, 9.17) is 9.84 Å². The molecule has 0 fully saturated rings. The van der Waals surface area contributed by atoms with E-state index in [1.807, 2.05) is 13.8 Å². The number of hydrogen-bond donors (Lipinski definition) is 1. The van der Waals surface area contributed by atoms with Crippen LogP contribution < -0.4 is 4.74 Å². The van der Waals surface area contributed by atoms with E-state index in [9.17, 15) is 9.18 Å². The van der Waals surface area contributed by atoms with Gasteiger partial charge in [0.05, 0.1) is 19.6 Å². The van der Waals surface area contributed by atoms with Gasteiger partial charge in [0.15, 0.2) is 0 Å². The molecule has 0 aliphatic carbocycles. The van der Waals surface area contributed by atoms with E-state index in [2.05, 4.69) is 0 Å². The second kappa shape index (κ2) is 7.74. The monoisotopic (exact) mass is 269 g/mol. The van der Waals surface area contributed by atoms with Crippen molar-refractivity contribution in [1.82, 2.24) is 4.90 Å². The second-order valence-electron chi connectivity index (χ2n) is 4.46. The van der Waals surface area contributed by atoms with Crippen LogP contribution in [0, 0.1) is 5.82 Å². The Kier molecular flexibility index (Phi) is 6.29. The van der Waals surface area contributed by atoms with Crippen LogP contribution >= 0.6 is 0 Å². The van der Waals surface area contributed by atoms with E-state index >= 15 is 0 Å². The summed E-state index contributed by atoms with van der Waals surface area (Å²) in [6.07, 6.45) is 0.232. The number of halogens is 1. The van der Waals surface area contributed by atoms with Gasteiger partial charge in [-0.15, -0.1) is 0 Å². The first-order chi connectivity index (χ1) is 9.04. The molecule has 1 aromatic carbocycles. The number of nitrogens with zero attached hydrogens (tertiary/aromatic N) is 1. The number of hydrogen-bond acceptors (Lipinski definition) is 3. The third kappa shape index (κ3) is 5.26. The minimum Gasteiger partial charge on any atom is -0.493 e. The number of aliphatic hydroxyl groups is 1. The average Bonchev–Trinajstić information content (AvgIpc) is 2.37. The van der Waals surface area contributed by atoms with Gasteiger partial charge in [-0.1, -0.05) is 0 Å². The predicted molar refractivity (Wildman–Crippen MR) is 70.4 cm³/mol. The molecule has 0 spiro atoms. The molecule has 0 saturated carbocycles. The molecular weight excluding hydrogens is 249 g/mol. The molecule has 1 aromatic rings. The zero-order chi connectivity index (χ0) is 14.3. The Labute approximate surface area is 112 Å². The topological polar surface area (TPSA) is 49.8 Å². The van der Waals surface area contributed by atoms with Crippen molar-refractivity contribution in [2.45, 2.75) is 26.3 Å². The number of ether oxygens (including phenoxy) is 1. The van der Waals surface area contributed by atoms with Crippen molar-refractivity contribution in [2.75, 3.05) is 19.8 Å². The smallest absolute Gasteiger partial charge is 0.226 e. The molecule has 0 heterocycles. The maximum atomic E-state index is 12.7. The van der Waals surface area contributed by atoms with Gasteiger partial charge in [-0.2, -0.15) is 0 Å². The normalized spacial score (nSPS) is 10.6. The van der Waals surface area contributed by atoms with Crippen LogP contribution in [0.25, 0.3) is 0 Å². The molecule has 4 nitrogen and oxygen atoms in total. The van der Waals surface area contributed by atoms with Crippen LogP contribution in [0.4, 0.5) is 4.39 Å². The van der Waals surface area contributed by atoms with Crippen molar-refractivity contribution >= 4 is 5.91 Å². The van der Waals surface area contributed by atoms with E-state index < -0.39 is 0 Å².